The third kappa shape index (κ3) is 2.67. The van der Waals surface area contributed by atoms with Crippen molar-refractivity contribution in [2.45, 2.75) is 27.3 Å². The fourth-order valence-corrected chi connectivity index (χ4v) is 2.63. The van der Waals surface area contributed by atoms with Crippen LogP contribution in [-0.4, -0.2) is 9.55 Å². The normalized spacial score (nSPS) is 11.3. The molecule has 0 saturated carbocycles. The fraction of sp³-hybridized carbons (Fsp3) is 0.263. The van der Waals surface area contributed by atoms with E-state index >= 15 is 0 Å². The van der Waals surface area contributed by atoms with Crippen molar-refractivity contribution in [1.29, 1.82) is 0 Å². The van der Waals surface area contributed by atoms with Crippen LogP contribution in [0, 0.1) is 12.8 Å². The van der Waals surface area contributed by atoms with E-state index in [2.05, 4.69) is 32.9 Å². The number of hydrogen-bond acceptors (Lipinski definition) is 2. The number of nitrogens with zero attached hydrogens (tertiary/aromatic N) is 2. The summed E-state index contributed by atoms with van der Waals surface area (Å²) in [6.07, 6.45) is 0. The van der Waals surface area contributed by atoms with Crippen molar-refractivity contribution in [2.75, 3.05) is 0 Å². The molecule has 3 rings (SSSR count). The second kappa shape index (κ2) is 5.76. The van der Waals surface area contributed by atoms with Crippen LogP contribution in [0.5, 0.6) is 0 Å². The number of rotatable bonds is 3. The number of benzene rings is 2. The zero-order valence-corrected chi connectivity index (χ0v) is 13.2. The van der Waals surface area contributed by atoms with Crippen LogP contribution in [0.2, 0.25) is 0 Å². The van der Waals surface area contributed by atoms with E-state index < -0.39 is 0 Å². The zero-order valence-electron chi connectivity index (χ0n) is 13.2. The van der Waals surface area contributed by atoms with Gasteiger partial charge in [0.2, 0.25) is 0 Å². The van der Waals surface area contributed by atoms with E-state index in [9.17, 15) is 4.79 Å². The van der Waals surface area contributed by atoms with Gasteiger partial charge in [0.1, 0.15) is 5.82 Å². The number of fused-ring (bicyclic) bond motifs is 1. The topological polar surface area (TPSA) is 34.9 Å². The Kier molecular flexibility index (Phi) is 3.80. The number of aryl methyl sites for hydroxylation is 1. The Morgan fingerprint density at radius 3 is 2.41 bits per heavy atom. The quantitative estimate of drug-likeness (QED) is 0.730. The molecule has 0 amide bonds. The Bertz CT molecular complexity index is 861. The highest BCUT2D eigenvalue weighted by Gasteiger charge is 2.13. The molecule has 2 aromatic carbocycles. The SMILES string of the molecule is Cc1ccc(-c2nc3ccccc3c(=O)n2CC(C)C)cc1. The van der Waals surface area contributed by atoms with Crippen LogP contribution in [-0.2, 0) is 6.54 Å². The number of hydrogen-bond donors (Lipinski definition) is 0. The molecule has 0 aliphatic carbocycles. The molecule has 0 saturated heterocycles. The molecule has 112 valence electrons. The standard InChI is InChI=1S/C19H20N2O/c1-13(2)12-21-18(15-10-8-14(3)9-11-15)20-17-7-5-4-6-16(17)19(21)22/h4-11,13H,12H2,1-3H3. The summed E-state index contributed by atoms with van der Waals surface area (Å²) in [6, 6.07) is 15.7. The number of aromatic nitrogens is 2. The van der Waals surface area contributed by atoms with Gasteiger partial charge in [-0.15, -0.1) is 0 Å². The Morgan fingerprint density at radius 1 is 1.05 bits per heavy atom. The van der Waals surface area contributed by atoms with Crippen LogP contribution in [0.3, 0.4) is 0 Å². The molecule has 0 N–H and O–H groups in total. The summed E-state index contributed by atoms with van der Waals surface area (Å²) in [4.78, 5) is 17.6. The van der Waals surface area contributed by atoms with E-state index in [0.29, 0.717) is 17.8 Å². The second-order valence-electron chi connectivity index (χ2n) is 6.13. The lowest BCUT2D eigenvalue weighted by Crippen LogP contribution is -2.25. The minimum absolute atomic E-state index is 0.0369. The van der Waals surface area contributed by atoms with Gasteiger partial charge in [-0.2, -0.15) is 0 Å². The first kappa shape index (κ1) is 14.5. The average Bonchev–Trinajstić information content (AvgIpc) is 2.50. The summed E-state index contributed by atoms with van der Waals surface area (Å²) in [7, 11) is 0. The predicted molar refractivity (Wildman–Crippen MR) is 91.0 cm³/mol. The molecule has 0 aliphatic heterocycles. The Hall–Kier alpha value is -2.42. The Morgan fingerprint density at radius 2 is 1.73 bits per heavy atom. The molecule has 0 atom stereocenters. The summed E-state index contributed by atoms with van der Waals surface area (Å²) in [6.45, 7) is 6.94. The van der Waals surface area contributed by atoms with Crippen molar-refractivity contribution < 1.29 is 0 Å². The Labute approximate surface area is 130 Å². The van der Waals surface area contributed by atoms with Gasteiger partial charge in [0.25, 0.3) is 5.56 Å². The maximum atomic E-state index is 12.8. The summed E-state index contributed by atoms with van der Waals surface area (Å²) in [5, 5.41) is 0.680. The van der Waals surface area contributed by atoms with Crippen molar-refractivity contribution >= 4 is 10.9 Å². The highest BCUT2D eigenvalue weighted by atomic mass is 16.1. The van der Waals surface area contributed by atoms with E-state index in [-0.39, 0.29) is 5.56 Å². The highest BCUT2D eigenvalue weighted by molar-refractivity contribution is 5.79. The summed E-state index contributed by atoms with van der Waals surface area (Å²) >= 11 is 0. The van der Waals surface area contributed by atoms with E-state index in [1.54, 1.807) is 4.57 Å². The molecule has 3 aromatic rings. The maximum absolute atomic E-state index is 12.8. The molecule has 0 radical (unpaired) electrons. The van der Waals surface area contributed by atoms with Crippen LogP contribution in [0.25, 0.3) is 22.3 Å². The largest absolute Gasteiger partial charge is 0.292 e. The molecule has 0 aliphatic rings. The van der Waals surface area contributed by atoms with Gasteiger partial charge in [-0.25, -0.2) is 4.98 Å². The molecular weight excluding hydrogens is 272 g/mol. The summed E-state index contributed by atoms with van der Waals surface area (Å²) < 4.78 is 1.80. The summed E-state index contributed by atoms with van der Waals surface area (Å²) in [5.41, 5.74) is 2.97. The van der Waals surface area contributed by atoms with Gasteiger partial charge in [-0.05, 0) is 25.0 Å². The third-order valence-electron chi connectivity index (χ3n) is 3.72. The van der Waals surface area contributed by atoms with E-state index in [4.69, 9.17) is 4.98 Å². The fourth-order valence-electron chi connectivity index (χ4n) is 2.63. The molecule has 0 bridgehead atoms. The lowest BCUT2D eigenvalue weighted by atomic mass is 10.1. The van der Waals surface area contributed by atoms with Gasteiger partial charge in [0.05, 0.1) is 10.9 Å². The monoisotopic (exact) mass is 292 g/mol. The molecule has 22 heavy (non-hydrogen) atoms. The van der Waals surface area contributed by atoms with Crippen LogP contribution in [0.1, 0.15) is 19.4 Å². The van der Waals surface area contributed by atoms with Crippen molar-refractivity contribution in [3.8, 4) is 11.4 Å². The first-order chi connectivity index (χ1) is 10.6. The zero-order chi connectivity index (χ0) is 15.7. The lowest BCUT2D eigenvalue weighted by Gasteiger charge is -2.15. The highest BCUT2D eigenvalue weighted by Crippen LogP contribution is 2.20. The number of para-hydroxylation sites is 1. The molecular formula is C19H20N2O. The summed E-state index contributed by atoms with van der Waals surface area (Å²) in [5.74, 6) is 1.13. The van der Waals surface area contributed by atoms with Gasteiger partial charge in [0, 0.05) is 12.1 Å². The first-order valence-electron chi connectivity index (χ1n) is 7.63. The molecule has 1 aromatic heterocycles. The van der Waals surface area contributed by atoms with Crippen LogP contribution < -0.4 is 5.56 Å². The molecule has 3 nitrogen and oxygen atoms in total. The smallest absolute Gasteiger partial charge is 0.261 e. The van der Waals surface area contributed by atoms with Crippen LogP contribution in [0.15, 0.2) is 53.3 Å². The molecule has 3 heteroatoms. The van der Waals surface area contributed by atoms with Crippen molar-refractivity contribution in [3.63, 3.8) is 0 Å². The first-order valence-corrected chi connectivity index (χ1v) is 7.63. The second-order valence-corrected chi connectivity index (χ2v) is 6.13. The third-order valence-corrected chi connectivity index (χ3v) is 3.72. The Balaban J connectivity index is 2.31. The maximum Gasteiger partial charge on any atom is 0.261 e. The molecule has 0 unspecified atom stereocenters. The van der Waals surface area contributed by atoms with Gasteiger partial charge in [-0.1, -0.05) is 55.8 Å². The van der Waals surface area contributed by atoms with Gasteiger partial charge >= 0.3 is 0 Å². The average molecular weight is 292 g/mol. The van der Waals surface area contributed by atoms with Crippen molar-refractivity contribution in [1.82, 2.24) is 9.55 Å². The molecule has 0 fully saturated rings. The van der Waals surface area contributed by atoms with Gasteiger partial charge in [-0.3, -0.25) is 9.36 Å². The van der Waals surface area contributed by atoms with Crippen LogP contribution in [0.4, 0.5) is 0 Å². The predicted octanol–water partition coefficient (Wildman–Crippen LogP) is 4.03. The molecule has 1 heterocycles. The van der Waals surface area contributed by atoms with E-state index in [1.807, 2.05) is 36.4 Å². The molecule has 0 spiro atoms. The van der Waals surface area contributed by atoms with Gasteiger partial charge in [0.15, 0.2) is 0 Å². The van der Waals surface area contributed by atoms with Crippen molar-refractivity contribution in [2.24, 2.45) is 5.92 Å². The minimum Gasteiger partial charge on any atom is -0.292 e. The lowest BCUT2D eigenvalue weighted by molar-refractivity contribution is 0.513. The minimum atomic E-state index is 0.0369. The van der Waals surface area contributed by atoms with E-state index in [1.165, 1.54) is 5.56 Å². The van der Waals surface area contributed by atoms with Gasteiger partial charge < -0.3 is 0 Å². The van der Waals surface area contributed by atoms with Crippen LogP contribution >= 0.6 is 0 Å². The van der Waals surface area contributed by atoms with E-state index in [0.717, 1.165) is 16.9 Å². The van der Waals surface area contributed by atoms with Crippen molar-refractivity contribution in [3.05, 3.63) is 64.4 Å².